The summed E-state index contributed by atoms with van der Waals surface area (Å²) in [7, 11) is -1.70. The zero-order valence-electron chi connectivity index (χ0n) is 19.2. The molecule has 0 unspecified atom stereocenters. The topological polar surface area (TPSA) is 81.8 Å². The Bertz CT molecular complexity index is 1740. The van der Waals surface area contributed by atoms with Gasteiger partial charge in [0, 0.05) is 36.1 Å². The van der Waals surface area contributed by atoms with E-state index in [0.717, 1.165) is 28.2 Å². The van der Waals surface area contributed by atoms with Gasteiger partial charge in [0.1, 0.15) is 18.0 Å². The van der Waals surface area contributed by atoms with Crippen LogP contribution >= 0.6 is 0 Å². The number of nitrogens with one attached hydrogen (secondary N) is 1. The minimum Gasteiger partial charge on any atom is -0.299 e. The third kappa shape index (κ3) is 4.13. The summed E-state index contributed by atoms with van der Waals surface area (Å²) in [6.45, 7) is 0. The minimum absolute atomic E-state index is 0.161. The van der Waals surface area contributed by atoms with Crippen molar-refractivity contribution in [3.63, 3.8) is 0 Å². The van der Waals surface area contributed by atoms with Crippen molar-refractivity contribution in [1.82, 2.24) is 19.3 Å². The Balaban J connectivity index is 1.47. The summed E-state index contributed by atoms with van der Waals surface area (Å²) >= 11 is 0. The molecule has 5 aromatic rings. The van der Waals surface area contributed by atoms with Crippen LogP contribution in [0.2, 0.25) is 0 Å². The van der Waals surface area contributed by atoms with Crippen molar-refractivity contribution in [2.75, 3.05) is 4.72 Å². The van der Waals surface area contributed by atoms with Crippen LogP contribution in [0.1, 0.15) is 12.8 Å². The largest absolute Gasteiger partial charge is 0.299 e. The van der Waals surface area contributed by atoms with Gasteiger partial charge in [-0.25, -0.2) is 22.2 Å². The maximum atomic E-state index is 14.7. The average molecular weight is 506 g/mol. The summed E-state index contributed by atoms with van der Waals surface area (Å²) in [5.41, 5.74) is 4.89. The number of hydrogen-bond acceptors (Lipinski definition) is 4. The van der Waals surface area contributed by atoms with E-state index in [-0.39, 0.29) is 5.56 Å². The first-order valence-electron chi connectivity index (χ1n) is 11.4. The number of aryl methyl sites for hydroxylation is 1. The SMILES string of the molecule is Cn1cc(-c2ccc3c(c2)ncn3-c2cc(NS(=O)(=O)C3CC3)cc(-c3ccc(F)cc3F)c2)cn1. The molecule has 1 aliphatic carbocycles. The second-order valence-corrected chi connectivity index (χ2v) is 10.9. The minimum atomic E-state index is -3.55. The van der Waals surface area contributed by atoms with E-state index in [0.29, 0.717) is 29.8 Å². The van der Waals surface area contributed by atoms with Crippen molar-refractivity contribution in [2.45, 2.75) is 18.1 Å². The van der Waals surface area contributed by atoms with E-state index in [4.69, 9.17) is 0 Å². The smallest absolute Gasteiger partial charge is 0.235 e. The number of anilines is 1. The Morgan fingerprint density at radius 2 is 1.81 bits per heavy atom. The predicted octanol–water partition coefficient (Wildman–Crippen LogP) is 5.28. The molecule has 0 spiro atoms. The van der Waals surface area contributed by atoms with Crippen LogP contribution in [0.15, 0.2) is 73.3 Å². The van der Waals surface area contributed by atoms with Gasteiger partial charge in [0.2, 0.25) is 10.0 Å². The van der Waals surface area contributed by atoms with Gasteiger partial charge in [0.05, 0.1) is 28.2 Å². The van der Waals surface area contributed by atoms with Crippen LogP contribution in [-0.2, 0) is 17.1 Å². The molecule has 1 saturated carbocycles. The molecule has 0 amide bonds. The van der Waals surface area contributed by atoms with Crippen molar-refractivity contribution >= 4 is 26.7 Å². The molecule has 2 heterocycles. The first-order chi connectivity index (χ1) is 17.3. The molecule has 7 nitrogen and oxygen atoms in total. The van der Waals surface area contributed by atoms with Gasteiger partial charge in [0.25, 0.3) is 0 Å². The first-order valence-corrected chi connectivity index (χ1v) is 12.9. The number of fused-ring (bicyclic) bond motifs is 1. The number of nitrogens with zero attached hydrogens (tertiary/aromatic N) is 4. The van der Waals surface area contributed by atoms with Gasteiger partial charge >= 0.3 is 0 Å². The van der Waals surface area contributed by atoms with Gasteiger partial charge in [0.15, 0.2) is 0 Å². The third-order valence-electron chi connectivity index (χ3n) is 6.25. The predicted molar refractivity (Wildman–Crippen MR) is 134 cm³/mol. The molecule has 0 aliphatic heterocycles. The van der Waals surface area contributed by atoms with Gasteiger partial charge in [-0.1, -0.05) is 6.07 Å². The van der Waals surface area contributed by atoms with Gasteiger partial charge in [-0.05, 0) is 66.4 Å². The Hall–Kier alpha value is -4.05. The summed E-state index contributed by atoms with van der Waals surface area (Å²) in [6, 6.07) is 14.1. The fraction of sp³-hybridized carbons (Fsp3) is 0.154. The van der Waals surface area contributed by atoms with E-state index in [1.54, 1.807) is 35.4 Å². The van der Waals surface area contributed by atoms with Crippen LogP contribution in [0.5, 0.6) is 0 Å². The quantitative estimate of drug-likeness (QED) is 0.341. The second-order valence-electron chi connectivity index (χ2n) is 8.96. The number of sulfonamides is 1. The maximum absolute atomic E-state index is 14.7. The highest BCUT2D eigenvalue weighted by Crippen LogP contribution is 2.34. The molecule has 2 aromatic heterocycles. The standard InChI is InChI=1S/C26H21F2N5O2S/c1-32-14-18(13-30-32)16-2-7-26-25(10-16)29-15-33(26)21-9-17(23-6-3-19(27)11-24(23)28)8-20(12-21)31-36(34,35)22-4-5-22/h2-3,6-15,22,31H,4-5H2,1H3. The van der Waals surface area contributed by atoms with Gasteiger partial charge in [-0.15, -0.1) is 0 Å². The normalized spacial score (nSPS) is 13.9. The number of rotatable bonds is 6. The molecular weight excluding hydrogens is 484 g/mol. The first kappa shape index (κ1) is 22.4. The van der Waals surface area contributed by atoms with Crippen molar-refractivity contribution < 1.29 is 17.2 Å². The van der Waals surface area contributed by atoms with E-state index in [1.807, 2.05) is 36.0 Å². The zero-order valence-corrected chi connectivity index (χ0v) is 20.0. The van der Waals surface area contributed by atoms with Crippen LogP contribution in [-0.4, -0.2) is 33.0 Å². The second kappa shape index (κ2) is 8.27. The molecule has 0 radical (unpaired) electrons. The fourth-order valence-corrected chi connectivity index (χ4v) is 5.65. The number of imidazole rings is 1. The fourth-order valence-electron chi connectivity index (χ4n) is 4.28. The number of halogens is 2. The summed E-state index contributed by atoms with van der Waals surface area (Å²) < 4.78 is 59.7. The molecule has 182 valence electrons. The van der Waals surface area contributed by atoms with Crippen LogP contribution in [0.25, 0.3) is 39.0 Å². The Kier molecular flexibility index (Phi) is 5.15. The monoisotopic (exact) mass is 505 g/mol. The van der Waals surface area contributed by atoms with Crippen LogP contribution in [0.3, 0.4) is 0 Å². The molecule has 1 N–H and O–H groups in total. The zero-order chi connectivity index (χ0) is 25.0. The molecule has 36 heavy (non-hydrogen) atoms. The Morgan fingerprint density at radius 3 is 2.53 bits per heavy atom. The van der Waals surface area contributed by atoms with Crippen molar-refractivity contribution in [2.24, 2.45) is 7.05 Å². The molecule has 0 saturated heterocycles. The number of aromatic nitrogens is 4. The third-order valence-corrected chi connectivity index (χ3v) is 8.12. The molecule has 10 heteroatoms. The summed E-state index contributed by atoms with van der Waals surface area (Å²) in [4.78, 5) is 4.54. The van der Waals surface area contributed by atoms with E-state index >= 15 is 0 Å². The highest BCUT2D eigenvalue weighted by molar-refractivity contribution is 7.93. The lowest BCUT2D eigenvalue weighted by atomic mass is 10.0. The van der Waals surface area contributed by atoms with E-state index < -0.39 is 26.9 Å². The van der Waals surface area contributed by atoms with Crippen molar-refractivity contribution in [3.05, 3.63) is 85.0 Å². The highest BCUT2D eigenvalue weighted by atomic mass is 32.2. The summed E-state index contributed by atoms with van der Waals surface area (Å²) in [6.07, 6.45) is 6.55. The molecule has 0 atom stereocenters. The number of benzene rings is 3. The van der Waals surface area contributed by atoms with Gasteiger partial charge < -0.3 is 0 Å². The van der Waals surface area contributed by atoms with Gasteiger partial charge in [-0.3, -0.25) is 14.0 Å². The number of hydrogen-bond donors (Lipinski definition) is 1. The lowest BCUT2D eigenvalue weighted by Crippen LogP contribution is -2.17. The maximum Gasteiger partial charge on any atom is 0.235 e. The van der Waals surface area contributed by atoms with Gasteiger partial charge in [-0.2, -0.15) is 5.10 Å². The van der Waals surface area contributed by atoms with E-state index in [1.165, 1.54) is 12.1 Å². The lowest BCUT2D eigenvalue weighted by Gasteiger charge is -2.14. The molecule has 1 aliphatic rings. The Morgan fingerprint density at radius 1 is 0.972 bits per heavy atom. The highest BCUT2D eigenvalue weighted by Gasteiger charge is 2.35. The van der Waals surface area contributed by atoms with Crippen LogP contribution < -0.4 is 4.72 Å². The van der Waals surface area contributed by atoms with Crippen LogP contribution in [0.4, 0.5) is 14.5 Å². The van der Waals surface area contributed by atoms with E-state index in [2.05, 4.69) is 14.8 Å². The van der Waals surface area contributed by atoms with Crippen molar-refractivity contribution in [3.8, 4) is 27.9 Å². The Labute approximate surface area is 206 Å². The molecule has 6 rings (SSSR count). The molecule has 3 aromatic carbocycles. The summed E-state index contributed by atoms with van der Waals surface area (Å²) in [5, 5.41) is 3.79. The summed E-state index contributed by atoms with van der Waals surface area (Å²) in [5.74, 6) is -1.42. The average Bonchev–Trinajstić information content (AvgIpc) is 3.49. The molecule has 1 fully saturated rings. The van der Waals surface area contributed by atoms with Crippen molar-refractivity contribution in [1.29, 1.82) is 0 Å². The van der Waals surface area contributed by atoms with Crippen LogP contribution in [0, 0.1) is 11.6 Å². The molecule has 0 bridgehead atoms. The molecular formula is C26H21F2N5O2S. The lowest BCUT2D eigenvalue weighted by molar-refractivity contribution is 0.585. The van der Waals surface area contributed by atoms with E-state index in [9.17, 15) is 17.2 Å².